The van der Waals surface area contributed by atoms with Gasteiger partial charge >= 0.3 is 0 Å². The topological polar surface area (TPSA) is 130 Å². The molecular weight excluding hydrogens is 544 g/mol. The van der Waals surface area contributed by atoms with Crippen LogP contribution in [0.15, 0.2) is 60.8 Å². The van der Waals surface area contributed by atoms with E-state index in [-0.39, 0.29) is 42.2 Å². The zero-order chi connectivity index (χ0) is 29.4. The summed E-state index contributed by atoms with van der Waals surface area (Å²) in [7, 11) is 1.61. The van der Waals surface area contributed by atoms with Crippen molar-refractivity contribution in [2.45, 2.75) is 31.9 Å². The summed E-state index contributed by atoms with van der Waals surface area (Å²) >= 11 is 0. The third-order valence-electron chi connectivity index (χ3n) is 7.44. The molecule has 1 unspecified atom stereocenters. The zero-order valence-corrected chi connectivity index (χ0v) is 22.9. The summed E-state index contributed by atoms with van der Waals surface area (Å²) in [6.45, 7) is 2.47. The van der Waals surface area contributed by atoms with Crippen LogP contribution >= 0.6 is 0 Å². The summed E-state index contributed by atoms with van der Waals surface area (Å²) < 4.78 is 41.2. The smallest absolute Gasteiger partial charge is 0.236 e. The first-order valence-electron chi connectivity index (χ1n) is 13.2. The number of aromatic nitrogens is 5. The maximum atomic E-state index is 14.4. The molecule has 1 aliphatic heterocycles. The first-order valence-corrected chi connectivity index (χ1v) is 13.2. The number of hydrogen-bond donors (Lipinski definition) is 2. The number of nitrogens with two attached hydrogens (primary N) is 1. The Morgan fingerprint density at radius 1 is 1.10 bits per heavy atom. The predicted octanol–water partition coefficient (Wildman–Crippen LogP) is 4.62. The van der Waals surface area contributed by atoms with E-state index in [1.165, 1.54) is 16.8 Å². The molecule has 0 radical (unpaired) electrons. The molecule has 0 spiro atoms. The molecule has 1 amide bonds. The number of carbonyl (C=O) groups is 1. The van der Waals surface area contributed by atoms with Gasteiger partial charge in [0.05, 0.1) is 42.8 Å². The minimum absolute atomic E-state index is 0.0492. The Morgan fingerprint density at radius 2 is 1.88 bits per heavy atom. The van der Waals surface area contributed by atoms with Crippen molar-refractivity contribution < 1.29 is 23.0 Å². The molecule has 3 aromatic heterocycles. The maximum Gasteiger partial charge on any atom is 0.236 e. The third-order valence-corrected chi connectivity index (χ3v) is 7.44. The highest BCUT2D eigenvalue weighted by molar-refractivity contribution is 6.06. The van der Waals surface area contributed by atoms with Crippen LogP contribution in [0.25, 0.3) is 22.6 Å². The fourth-order valence-electron chi connectivity index (χ4n) is 5.10. The molecule has 1 atom stereocenters. The Labute approximate surface area is 239 Å². The fraction of sp³-hybridized carbons (Fsp3) is 0.233. The number of carbonyl (C=O) groups excluding carboxylic acids is 1. The van der Waals surface area contributed by atoms with E-state index in [4.69, 9.17) is 15.2 Å². The lowest BCUT2D eigenvalue weighted by Gasteiger charge is -2.22. The van der Waals surface area contributed by atoms with Gasteiger partial charge in [-0.3, -0.25) is 4.79 Å². The molecule has 2 aromatic carbocycles. The van der Waals surface area contributed by atoms with E-state index < -0.39 is 17.0 Å². The lowest BCUT2D eigenvalue weighted by molar-refractivity contribution is -0.121. The lowest BCUT2D eigenvalue weighted by Crippen LogP contribution is -2.33. The monoisotopic (exact) mass is 571 g/mol. The van der Waals surface area contributed by atoms with E-state index >= 15 is 0 Å². The number of methoxy groups -OCH3 is 1. The molecule has 0 saturated carbocycles. The van der Waals surface area contributed by atoms with Gasteiger partial charge in [0, 0.05) is 12.2 Å². The molecule has 1 aliphatic rings. The average Bonchev–Trinajstić information content (AvgIpc) is 3.46. The van der Waals surface area contributed by atoms with Gasteiger partial charge in [0.25, 0.3) is 0 Å². The lowest BCUT2D eigenvalue weighted by atomic mass is 9.81. The molecular formula is C30H27F2N7O3. The van der Waals surface area contributed by atoms with E-state index in [2.05, 4.69) is 25.4 Å². The number of nitrogens with one attached hydrogen (secondary N) is 1. The highest BCUT2D eigenvalue weighted by Crippen LogP contribution is 2.43. The van der Waals surface area contributed by atoms with Gasteiger partial charge in [-0.15, -0.1) is 0 Å². The number of nitrogen functional groups attached to an aromatic ring is 1. The van der Waals surface area contributed by atoms with Crippen LogP contribution in [0.4, 0.5) is 20.4 Å². The van der Waals surface area contributed by atoms with E-state index in [0.29, 0.717) is 35.2 Å². The van der Waals surface area contributed by atoms with Crippen LogP contribution in [0.2, 0.25) is 0 Å². The zero-order valence-electron chi connectivity index (χ0n) is 22.9. The van der Waals surface area contributed by atoms with Gasteiger partial charge in [-0.2, -0.15) is 5.10 Å². The Kier molecular flexibility index (Phi) is 6.99. The second-order valence-corrected chi connectivity index (χ2v) is 10.2. The molecule has 6 rings (SSSR count). The van der Waals surface area contributed by atoms with E-state index in [1.54, 1.807) is 32.2 Å². The number of benzene rings is 2. The molecule has 4 heterocycles. The van der Waals surface area contributed by atoms with Crippen LogP contribution in [-0.2, 0) is 28.1 Å². The Hall–Kier alpha value is -4.97. The van der Waals surface area contributed by atoms with Crippen molar-refractivity contribution in [2.75, 3.05) is 24.8 Å². The molecule has 0 bridgehead atoms. The third kappa shape index (κ3) is 4.90. The number of nitrogens with zero attached hydrogens (tertiary/aromatic N) is 5. The average molecular weight is 572 g/mol. The number of pyridine rings is 1. The number of halogens is 2. The van der Waals surface area contributed by atoms with Crippen molar-refractivity contribution >= 4 is 28.6 Å². The van der Waals surface area contributed by atoms with Crippen molar-refractivity contribution in [2.24, 2.45) is 0 Å². The van der Waals surface area contributed by atoms with E-state index in [0.717, 1.165) is 17.5 Å². The van der Waals surface area contributed by atoms with Crippen molar-refractivity contribution in [3.8, 4) is 17.3 Å². The summed E-state index contributed by atoms with van der Waals surface area (Å²) in [6.07, 6.45) is 1.40. The van der Waals surface area contributed by atoms with Crippen molar-refractivity contribution in [1.82, 2.24) is 24.7 Å². The van der Waals surface area contributed by atoms with Gasteiger partial charge in [-0.05, 0) is 43.2 Å². The minimum atomic E-state index is -1.03. The van der Waals surface area contributed by atoms with Gasteiger partial charge < -0.3 is 20.5 Å². The SMILES string of the molecule is COc1ccc(COCCC2(C)C(=O)Nc3nc(-c4nn(Cc5ccccc5F)c5ncc(F)cc45)nc(N)c32)cc1. The van der Waals surface area contributed by atoms with Crippen molar-refractivity contribution in [3.63, 3.8) is 0 Å². The number of ether oxygens (including phenoxy) is 2. The van der Waals surface area contributed by atoms with Gasteiger partial charge in [-0.1, -0.05) is 30.3 Å². The van der Waals surface area contributed by atoms with Gasteiger partial charge in [0.2, 0.25) is 5.91 Å². The Balaban J connectivity index is 1.28. The standard InChI is InChI=1S/C30H27F2N7O3/c1-30(11-12-42-16-17-7-9-20(41-2)10-8-17)23-25(33)35-27(36-26(23)37-29(30)40)24-21-13-19(31)14-34-28(21)39(38-24)15-18-5-3-4-6-22(18)32/h3-10,13-14H,11-12,15-16H2,1-2H3,(H3,33,35,36,37,40). The summed E-state index contributed by atoms with van der Waals surface area (Å²) in [4.78, 5) is 26.4. The maximum absolute atomic E-state index is 14.4. The van der Waals surface area contributed by atoms with Crippen LogP contribution in [0, 0.1) is 11.6 Å². The number of amides is 1. The number of rotatable bonds is 9. The highest BCUT2D eigenvalue weighted by Gasteiger charge is 2.46. The first-order chi connectivity index (χ1) is 20.3. The van der Waals surface area contributed by atoms with Crippen LogP contribution in [0.1, 0.15) is 30.0 Å². The van der Waals surface area contributed by atoms with Gasteiger partial charge in [-0.25, -0.2) is 28.4 Å². The molecule has 42 heavy (non-hydrogen) atoms. The number of anilines is 2. The largest absolute Gasteiger partial charge is 0.497 e. The van der Waals surface area contributed by atoms with Crippen LogP contribution in [0.3, 0.4) is 0 Å². The quantitative estimate of drug-likeness (QED) is 0.245. The summed E-state index contributed by atoms with van der Waals surface area (Å²) in [5, 5.41) is 7.69. The predicted molar refractivity (Wildman–Crippen MR) is 152 cm³/mol. The second kappa shape index (κ2) is 10.8. The fourth-order valence-corrected chi connectivity index (χ4v) is 5.10. The molecule has 214 valence electrons. The number of fused-ring (bicyclic) bond motifs is 2. The van der Waals surface area contributed by atoms with Crippen LogP contribution < -0.4 is 15.8 Å². The molecule has 12 heteroatoms. The van der Waals surface area contributed by atoms with Crippen molar-refractivity contribution in [3.05, 3.63) is 89.1 Å². The van der Waals surface area contributed by atoms with Gasteiger partial charge in [0.1, 0.15) is 34.7 Å². The number of hydrogen-bond acceptors (Lipinski definition) is 8. The summed E-state index contributed by atoms with van der Waals surface area (Å²) in [6, 6.07) is 15.1. The van der Waals surface area contributed by atoms with E-state index in [1.807, 2.05) is 24.3 Å². The van der Waals surface area contributed by atoms with E-state index in [9.17, 15) is 13.6 Å². The normalized spacial score (nSPS) is 16.0. The van der Waals surface area contributed by atoms with Crippen LogP contribution in [0.5, 0.6) is 5.75 Å². The minimum Gasteiger partial charge on any atom is -0.497 e. The first kappa shape index (κ1) is 27.2. The van der Waals surface area contributed by atoms with Crippen molar-refractivity contribution in [1.29, 1.82) is 0 Å². The van der Waals surface area contributed by atoms with Crippen LogP contribution in [-0.4, -0.2) is 44.4 Å². The van der Waals surface area contributed by atoms with Gasteiger partial charge in [0.15, 0.2) is 11.5 Å². The molecule has 3 N–H and O–H groups in total. The molecule has 0 aliphatic carbocycles. The molecule has 5 aromatic rings. The molecule has 0 saturated heterocycles. The second-order valence-electron chi connectivity index (χ2n) is 10.2. The summed E-state index contributed by atoms with van der Waals surface area (Å²) in [5.41, 5.74) is 7.73. The molecule has 0 fully saturated rings. The summed E-state index contributed by atoms with van der Waals surface area (Å²) in [5.74, 6) is -0.0978. The Morgan fingerprint density at radius 3 is 2.64 bits per heavy atom. The Bertz CT molecular complexity index is 1810. The highest BCUT2D eigenvalue weighted by atomic mass is 19.1. The molecule has 10 nitrogen and oxygen atoms in total.